The van der Waals surface area contributed by atoms with Crippen LogP contribution in [0.4, 0.5) is 5.69 Å². The molecule has 0 spiro atoms. The van der Waals surface area contributed by atoms with E-state index in [1.807, 2.05) is 6.92 Å². The molecule has 0 radical (unpaired) electrons. The summed E-state index contributed by atoms with van der Waals surface area (Å²) in [7, 11) is 0. The maximum absolute atomic E-state index is 12.3. The molecular weight excluding hydrogens is 320 g/mol. The van der Waals surface area contributed by atoms with Crippen molar-refractivity contribution in [2.75, 3.05) is 25.4 Å². The number of carbonyl (C=O) groups excluding carboxylic acids is 2. The number of hydrogen-bond acceptors (Lipinski definition) is 6. The first-order chi connectivity index (χ1) is 10.9. The Morgan fingerprint density at radius 1 is 1.52 bits per heavy atom. The molecule has 124 valence electrons. The topological polar surface area (TPSA) is 119 Å². The summed E-state index contributed by atoms with van der Waals surface area (Å²) >= 11 is 1.09. The maximum Gasteiger partial charge on any atom is 0.283 e. The van der Waals surface area contributed by atoms with E-state index in [4.69, 9.17) is 5.73 Å². The van der Waals surface area contributed by atoms with Gasteiger partial charge in [0.05, 0.1) is 15.6 Å². The summed E-state index contributed by atoms with van der Waals surface area (Å²) in [4.78, 5) is 36.1. The zero-order chi connectivity index (χ0) is 17.0. The lowest BCUT2D eigenvalue weighted by atomic mass is 10.2. The monoisotopic (exact) mass is 338 g/mol. The van der Waals surface area contributed by atoms with Gasteiger partial charge in [0.2, 0.25) is 11.8 Å². The van der Waals surface area contributed by atoms with Crippen molar-refractivity contribution < 1.29 is 14.5 Å². The van der Waals surface area contributed by atoms with Crippen LogP contribution in [0, 0.1) is 10.1 Å². The third-order valence-electron chi connectivity index (χ3n) is 3.61. The number of benzene rings is 1. The molecule has 0 aromatic heterocycles. The van der Waals surface area contributed by atoms with Gasteiger partial charge in [-0.15, -0.1) is 11.8 Å². The molecule has 1 fully saturated rings. The van der Waals surface area contributed by atoms with Crippen molar-refractivity contribution in [1.29, 1.82) is 0 Å². The molecule has 1 saturated heterocycles. The van der Waals surface area contributed by atoms with E-state index in [0.717, 1.165) is 30.9 Å². The molecule has 1 aromatic rings. The zero-order valence-electron chi connectivity index (χ0n) is 12.7. The summed E-state index contributed by atoms with van der Waals surface area (Å²) in [5.41, 5.74) is 4.99. The number of nitro benzene ring substituents is 1. The Morgan fingerprint density at radius 2 is 2.26 bits per heavy atom. The van der Waals surface area contributed by atoms with Gasteiger partial charge in [-0.05, 0) is 19.1 Å². The summed E-state index contributed by atoms with van der Waals surface area (Å²) in [6.45, 7) is 4.07. The predicted molar refractivity (Wildman–Crippen MR) is 86.4 cm³/mol. The molecule has 1 aromatic carbocycles. The fourth-order valence-corrected chi connectivity index (χ4v) is 3.26. The maximum atomic E-state index is 12.3. The first-order valence-electron chi connectivity index (χ1n) is 7.11. The van der Waals surface area contributed by atoms with Crippen LogP contribution >= 0.6 is 11.8 Å². The van der Waals surface area contributed by atoms with Crippen LogP contribution in [-0.4, -0.2) is 53.1 Å². The third-order valence-corrected chi connectivity index (χ3v) is 4.66. The minimum absolute atomic E-state index is 0.0581. The molecule has 2 amide bonds. The molecule has 0 aliphatic carbocycles. The van der Waals surface area contributed by atoms with Crippen molar-refractivity contribution in [3.63, 3.8) is 0 Å². The average molecular weight is 338 g/mol. The summed E-state index contributed by atoms with van der Waals surface area (Å²) in [5, 5.41) is 14.3. The van der Waals surface area contributed by atoms with Gasteiger partial charge in [0.25, 0.3) is 5.69 Å². The Morgan fingerprint density at radius 3 is 2.87 bits per heavy atom. The summed E-state index contributed by atoms with van der Waals surface area (Å²) in [6, 6.07) is 4.12. The first kappa shape index (κ1) is 17.2. The van der Waals surface area contributed by atoms with E-state index in [0.29, 0.717) is 11.4 Å². The van der Waals surface area contributed by atoms with E-state index < -0.39 is 10.8 Å². The highest BCUT2D eigenvalue weighted by Crippen LogP contribution is 2.30. The molecule has 23 heavy (non-hydrogen) atoms. The molecule has 2 rings (SSSR count). The van der Waals surface area contributed by atoms with Crippen LogP contribution in [0.2, 0.25) is 0 Å². The van der Waals surface area contributed by atoms with Crippen molar-refractivity contribution in [3.8, 4) is 0 Å². The van der Waals surface area contributed by atoms with E-state index in [1.165, 1.54) is 12.1 Å². The Kier molecular flexibility index (Phi) is 5.56. The molecule has 3 N–H and O–H groups in total. The number of nitrogens with two attached hydrogens (primary N) is 1. The summed E-state index contributed by atoms with van der Waals surface area (Å²) in [6.07, 6.45) is 0. The van der Waals surface area contributed by atoms with Crippen LogP contribution in [0.3, 0.4) is 0 Å². The van der Waals surface area contributed by atoms with Crippen LogP contribution in [0.5, 0.6) is 0 Å². The number of carbonyl (C=O) groups is 2. The second kappa shape index (κ2) is 7.42. The number of amides is 2. The molecule has 8 nitrogen and oxygen atoms in total. The number of nitrogens with zero attached hydrogens (tertiary/aromatic N) is 2. The lowest BCUT2D eigenvalue weighted by molar-refractivity contribution is -0.387. The van der Waals surface area contributed by atoms with Gasteiger partial charge >= 0.3 is 0 Å². The molecule has 1 aliphatic heterocycles. The number of primary amides is 1. The quantitative estimate of drug-likeness (QED) is 0.461. The zero-order valence-corrected chi connectivity index (χ0v) is 13.5. The van der Waals surface area contributed by atoms with Crippen LogP contribution in [-0.2, 0) is 4.79 Å². The van der Waals surface area contributed by atoms with Gasteiger partial charge in [0.15, 0.2) is 0 Å². The van der Waals surface area contributed by atoms with E-state index in [2.05, 4.69) is 5.32 Å². The molecular formula is C14H18N4O4S. The van der Waals surface area contributed by atoms with Crippen molar-refractivity contribution in [2.45, 2.75) is 17.9 Å². The second-order valence-corrected chi connectivity index (χ2v) is 6.25. The second-order valence-electron chi connectivity index (χ2n) is 5.23. The van der Waals surface area contributed by atoms with Gasteiger partial charge in [-0.1, -0.05) is 0 Å². The Labute approximate surface area is 137 Å². The van der Waals surface area contributed by atoms with E-state index in [9.17, 15) is 19.7 Å². The summed E-state index contributed by atoms with van der Waals surface area (Å²) in [5.74, 6) is -0.672. The van der Waals surface area contributed by atoms with Crippen LogP contribution in [0.1, 0.15) is 17.3 Å². The molecule has 1 aliphatic rings. The van der Waals surface area contributed by atoms with Gasteiger partial charge in [0.1, 0.15) is 0 Å². The molecule has 0 unspecified atom stereocenters. The normalized spacial score (nSPS) is 17.8. The molecule has 1 atom stereocenters. The standard InChI is InChI=1S/C14H18N4O4S/c1-9-7-16-4-5-17(9)13(19)8-23-12-3-2-10(14(15)20)6-11(12)18(21)22/h2-3,6,9,16H,4-5,7-8H2,1H3,(H2,15,20)/t9-/m0/s1. The van der Waals surface area contributed by atoms with Crippen molar-refractivity contribution >= 4 is 29.3 Å². The van der Waals surface area contributed by atoms with Crippen LogP contribution in [0.25, 0.3) is 0 Å². The predicted octanol–water partition coefficient (Wildman–Crippen LogP) is 0.606. The number of rotatable bonds is 5. The highest BCUT2D eigenvalue weighted by molar-refractivity contribution is 8.00. The number of thioether (sulfide) groups is 1. The number of nitrogens with one attached hydrogen (secondary N) is 1. The Balaban J connectivity index is 2.09. The summed E-state index contributed by atoms with van der Waals surface area (Å²) < 4.78 is 0. The van der Waals surface area contributed by atoms with Crippen molar-refractivity contribution in [2.24, 2.45) is 5.73 Å². The molecule has 1 heterocycles. The van der Waals surface area contributed by atoms with Crippen molar-refractivity contribution in [3.05, 3.63) is 33.9 Å². The van der Waals surface area contributed by atoms with Gasteiger partial charge in [0, 0.05) is 37.3 Å². The van der Waals surface area contributed by atoms with E-state index in [1.54, 1.807) is 4.90 Å². The lowest BCUT2D eigenvalue weighted by Gasteiger charge is -2.33. The Hall–Kier alpha value is -2.13. The molecule has 9 heteroatoms. The fourth-order valence-electron chi connectivity index (χ4n) is 2.37. The molecule has 0 saturated carbocycles. The van der Waals surface area contributed by atoms with Crippen LogP contribution < -0.4 is 11.1 Å². The van der Waals surface area contributed by atoms with Gasteiger partial charge in [-0.25, -0.2) is 0 Å². The van der Waals surface area contributed by atoms with Crippen molar-refractivity contribution in [1.82, 2.24) is 10.2 Å². The highest BCUT2D eigenvalue weighted by atomic mass is 32.2. The van der Waals surface area contributed by atoms with E-state index >= 15 is 0 Å². The van der Waals surface area contributed by atoms with E-state index in [-0.39, 0.29) is 29.0 Å². The minimum Gasteiger partial charge on any atom is -0.366 e. The fraction of sp³-hybridized carbons (Fsp3) is 0.429. The lowest BCUT2D eigenvalue weighted by Crippen LogP contribution is -2.52. The Bertz CT molecular complexity index is 637. The van der Waals surface area contributed by atoms with Gasteiger partial charge in [-0.3, -0.25) is 19.7 Å². The molecule has 0 bridgehead atoms. The number of piperazine rings is 1. The van der Waals surface area contributed by atoms with Crippen LogP contribution in [0.15, 0.2) is 23.1 Å². The largest absolute Gasteiger partial charge is 0.366 e. The smallest absolute Gasteiger partial charge is 0.283 e. The first-order valence-corrected chi connectivity index (χ1v) is 8.10. The average Bonchev–Trinajstić information content (AvgIpc) is 2.52. The van der Waals surface area contributed by atoms with Gasteiger partial charge < -0.3 is 16.0 Å². The third kappa shape index (κ3) is 4.20. The number of hydrogen-bond donors (Lipinski definition) is 2. The highest BCUT2D eigenvalue weighted by Gasteiger charge is 2.24. The van der Waals surface area contributed by atoms with Gasteiger partial charge in [-0.2, -0.15) is 0 Å². The SMILES string of the molecule is C[C@H]1CNCCN1C(=O)CSc1ccc(C(N)=O)cc1[N+](=O)[O-]. The number of nitro groups is 1. The minimum atomic E-state index is -0.727.